The van der Waals surface area contributed by atoms with Gasteiger partial charge in [0.2, 0.25) is 0 Å². The van der Waals surface area contributed by atoms with Crippen LogP contribution in [0.2, 0.25) is 0 Å². The van der Waals surface area contributed by atoms with E-state index in [2.05, 4.69) is 25.8 Å². The van der Waals surface area contributed by atoms with Crippen molar-refractivity contribution >= 4 is 5.69 Å². The van der Waals surface area contributed by atoms with Gasteiger partial charge in [0.25, 0.3) is 0 Å². The third kappa shape index (κ3) is 2.86. The first-order chi connectivity index (χ1) is 10.2. The first-order valence-electron chi connectivity index (χ1n) is 6.43. The third-order valence-electron chi connectivity index (χ3n) is 3.10. The van der Waals surface area contributed by atoms with Gasteiger partial charge in [0.05, 0.1) is 23.6 Å². The summed E-state index contributed by atoms with van der Waals surface area (Å²) in [6, 6.07) is 8.98. The van der Waals surface area contributed by atoms with E-state index in [-0.39, 0.29) is 11.9 Å². The molecule has 21 heavy (non-hydrogen) atoms. The molecule has 2 aromatic heterocycles. The molecular weight excluding hydrogens is 271 g/mol. The van der Waals surface area contributed by atoms with Crippen molar-refractivity contribution in [2.24, 2.45) is 0 Å². The summed E-state index contributed by atoms with van der Waals surface area (Å²) in [7, 11) is 0. The van der Waals surface area contributed by atoms with E-state index in [1.807, 2.05) is 31.2 Å². The molecule has 3 rings (SSSR count). The van der Waals surface area contributed by atoms with Crippen LogP contribution in [0.4, 0.5) is 10.1 Å². The van der Waals surface area contributed by atoms with Gasteiger partial charge in [-0.15, -0.1) is 5.10 Å². The molecule has 0 amide bonds. The number of hydrogen-bond donors (Lipinski definition) is 1. The molecule has 106 valence electrons. The van der Waals surface area contributed by atoms with Gasteiger partial charge in [0.15, 0.2) is 0 Å². The Morgan fingerprint density at radius 3 is 2.86 bits per heavy atom. The summed E-state index contributed by atoms with van der Waals surface area (Å²) in [4.78, 5) is 3.87. The number of benzene rings is 1. The number of aromatic nitrogens is 5. The van der Waals surface area contributed by atoms with Crippen molar-refractivity contribution in [2.75, 3.05) is 5.32 Å². The highest BCUT2D eigenvalue weighted by atomic mass is 19.1. The molecule has 1 N–H and O–H groups in total. The number of pyridine rings is 1. The van der Waals surface area contributed by atoms with Crippen LogP contribution in [0.5, 0.6) is 0 Å². The first-order valence-corrected chi connectivity index (χ1v) is 6.43. The molecule has 0 aliphatic rings. The minimum absolute atomic E-state index is 0.106. The minimum atomic E-state index is -0.352. The second-order valence-corrected chi connectivity index (χ2v) is 4.57. The number of nitrogens with zero attached hydrogens (tertiary/aromatic N) is 5. The molecule has 0 fully saturated rings. The number of nitrogens with one attached hydrogen (secondary N) is 1. The molecule has 0 bridgehead atoms. The lowest BCUT2D eigenvalue weighted by molar-refractivity contribution is 0.616. The zero-order valence-corrected chi connectivity index (χ0v) is 11.3. The molecule has 0 spiro atoms. The smallest absolute Gasteiger partial charge is 0.143 e. The van der Waals surface area contributed by atoms with Crippen LogP contribution in [0.15, 0.2) is 49.1 Å². The SMILES string of the molecule is CC(Nc1ccccc1-n1cnnn1)c1cncc(F)c1. The molecule has 3 aromatic rings. The van der Waals surface area contributed by atoms with Gasteiger partial charge in [-0.1, -0.05) is 12.1 Å². The van der Waals surface area contributed by atoms with Crippen LogP contribution in [0.25, 0.3) is 5.69 Å². The Labute approximate surface area is 120 Å². The zero-order chi connectivity index (χ0) is 14.7. The molecule has 2 heterocycles. The van der Waals surface area contributed by atoms with Gasteiger partial charge in [0.1, 0.15) is 12.1 Å². The highest BCUT2D eigenvalue weighted by Gasteiger charge is 2.11. The van der Waals surface area contributed by atoms with Gasteiger partial charge in [-0.25, -0.2) is 4.39 Å². The minimum Gasteiger partial charge on any atom is -0.377 e. The Hall–Kier alpha value is -2.83. The third-order valence-corrected chi connectivity index (χ3v) is 3.10. The lowest BCUT2D eigenvalue weighted by atomic mass is 10.1. The maximum Gasteiger partial charge on any atom is 0.143 e. The standard InChI is InChI=1S/C14H13FN6/c1-10(11-6-12(15)8-16-7-11)18-13-4-2-3-5-14(13)21-9-17-19-20-21/h2-10,18H,1H3. The Bertz CT molecular complexity index is 728. The van der Waals surface area contributed by atoms with Crippen LogP contribution in [0, 0.1) is 5.82 Å². The van der Waals surface area contributed by atoms with Gasteiger partial charge < -0.3 is 5.32 Å². The average molecular weight is 284 g/mol. The Balaban J connectivity index is 1.88. The van der Waals surface area contributed by atoms with Gasteiger partial charge in [-0.2, -0.15) is 4.68 Å². The zero-order valence-electron chi connectivity index (χ0n) is 11.3. The molecule has 0 saturated carbocycles. The number of hydrogen-bond acceptors (Lipinski definition) is 5. The number of anilines is 1. The summed E-state index contributed by atoms with van der Waals surface area (Å²) in [5.41, 5.74) is 2.43. The molecule has 1 unspecified atom stereocenters. The van der Waals surface area contributed by atoms with Crippen molar-refractivity contribution in [3.05, 3.63) is 60.4 Å². The van der Waals surface area contributed by atoms with E-state index < -0.39 is 0 Å². The van der Waals surface area contributed by atoms with E-state index in [1.54, 1.807) is 10.9 Å². The van der Waals surface area contributed by atoms with E-state index in [1.165, 1.54) is 18.6 Å². The second kappa shape index (κ2) is 5.66. The maximum absolute atomic E-state index is 13.2. The van der Waals surface area contributed by atoms with Gasteiger partial charge >= 0.3 is 0 Å². The maximum atomic E-state index is 13.2. The lowest BCUT2D eigenvalue weighted by Gasteiger charge is -2.17. The van der Waals surface area contributed by atoms with Crippen LogP contribution >= 0.6 is 0 Å². The van der Waals surface area contributed by atoms with E-state index in [9.17, 15) is 4.39 Å². The fraction of sp³-hybridized carbons (Fsp3) is 0.143. The Morgan fingerprint density at radius 1 is 1.24 bits per heavy atom. The normalized spacial score (nSPS) is 12.1. The molecule has 1 atom stereocenters. The van der Waals surface area contributed by atoms with Crippen molar-refractivity contribution < 1.29 is 4.39 Å². The van der Waals surface area contributed by atoms with Crippen molar-refractivity contribution in [1.29, 1.82) is 0 Å². The summed E-state index contributed by atoms with van der Waals surface area (Å²) < 4.78 is 14.8. The molecule has 7 heteroatoms. The van der Waals surface area contributed by atoms with Crippen molar-refractivity contribution in [3.63, 3.8) is 0 Å². The van der Waals surface area contributed by atoms with Gasteiger partial charge in [0, 0.05) is 6.20 Å². The van der Waals surface area contributed by atoms with Crippen molar-refractivity contribution in [3.8, 4) is 5.69 Å². The van der Waals surface area contributed by atoms with E-state index in [0.717, 1.165) is 16.9 Å². The van der Waals surface area contributed by atoms with Crippen LogP contribution in [-0.4, -0.2) is 25.2 Å². The quantitative estimate of drug-likeness (QED) is 0.796. The predicted octanol–water partition coefficient (Wildman–Crippen LogP) is 2.37. The molecule has 0 saturated heterocycles. The number of halogens is 1. The topological polar surface area (TPSA) is 68.5 Å². The van der Waals surface area contributed by atoms with Crippen LogP contribution in [0.3, 0.4) is 0 Å². The first kappa shape index (κ1) is 13.2. The second-order valence-electron chi connectivity index (χ2n) is 4.57. The van der Waals surface area contributed by atoms with Gasteiger partial charge in [-0.05, 0) is 41.1 Å². The van der Waals surface area contributed by atoms with Gasteiger partial charge in [-0.3, -0.25) is 4.98 Å². The molecule has 1 aromatic carbocycles. The van der Waals surface area contributed by atoms with E-state index >= 15 is 0 Å². The van der Waals surface area contributed by atoms with Crippen LogP contribution in [-0.2, 0) is 0 Å². The Morgan fingerprint density at radius 2 is 2.10 bits per heavy atom. The number of rotatable bonds is 4. The molecule has 6 nitrogen and oxygen atoms in total. The lowest BCUT2D eigenvalue weighted by Crippen LogP contribution is -2.10. The summed E-state index contributed by atoms with van der Waals surface area (Å²) >= 11 is 0. The number of para-hydroxylation sites is 2. The highest BCUT2D eigenvalue weighted by Crippen LogP contribution is 2.24. The van der Waals surface area contributed by atoms with E-state index in [0.29, 0.717) is 0 Å². The fourth-order valence-corrected chi connectivity index (χ4v) is 2.05. The summed E-state index contributed by atoms with van der Waals surface area (Å²) in [5, 5.41) is 14.5. The van der Waals surface area contributed by atoms with Crippen molar-refractivity contribution in [1.82, 2.24) is 25.2 Å². The molecule has 0 aliphatic carbocycles. The summed E-state index contributed by atoms with van der Waals surface area (Å²) in [5.74, 6) is -0.352. The van der Waals surface area contributed by atoms with Crippen LogP contribution < -0.4 is 5.32 Å². The van der Waals surface area contributed by atoms with E-state index in [4.69, 9.17) is 0 Å². The van der Waals surface area contributed by atoms with Crippen LogP contribution in [0.1, 0.15) is 18.5 Å². The average Bonchev–Trinajstić information content (AvgIpc) is 3.02. The molecule has 0 radical (unpaired) electrons. The number of tetrazole rings is 1. The largest absolute Gasteiger partial charge is 0.377 e. The summed E-state index contributed by atoms with van der Waals surface area (Å²) in [6.07, 6.45) is 4.35. The van der Waals surface area contributed by atoms with Crippen molar-refractivity contribution in [2.45, 2.75) is 13.0 Å². The monoisotopic (exact) mass is 284 g/mol. The highest BCUT2D eigenvalue weighted by molar-refractivity contribution is 5.61. The Kier molecular flexibility index (Phi) is 3.55. The molecule has 0 aliphatic heterocycles. The predicted molar refractivity (Wildman–Crippen MR) is 75.4 cm³/mol. The summed E-state index contributed by atoms with van der Waals surface area (Å²) in [6.45, 7) is 1.94. The molecular formula is C14H13FN6. The fourth-order valence-electron chi connectivity index (χ4n) is 2.05.